The maximum atomic E-state index is 12.8. The number of hydrogen-bond donors (Lipinski definition) is 1. The molecule has 1 N–H and O–H groups in total. The molecule has 0 aliphatic rings. The lowest BCUT2D eigenvalue weighted by molar-refractivity contribution is -0.614. The van der Waals surface area contributed by atoms with Crippen LogP contribution in [0.1, 0.15) is 10.5 Å². The Bertz CT molecular complexity index is 1070. The Balaban J connectivity index is 2.22. The summed E-state index contributed by atoms with van der Waals surface area (Å²) in [7, 11) is 0. The van der Waals surface area contributed by atoms with Crippen molar-refractivity contribution in [2.45, 2.75) is 0 Å². The molecule has 0 unspecified atom stereocenters. The molecule has 2 aromatic carbocycles. The normalized spacial score (nSPS) is 11.3. The zero-order valence-corrected chi connectivity index (χ0v) is 11.4. The molecule has 0 amide bonds. The molecule has 0 spiro atoms. The van der Waals surface area contributed by atoms with Gasteiger partial charge in [0.2, 0.25) is 5.69 Å². The fourth-order valence-electron chi connectivity index (χ4n) is 2.82. The van der Waals surface area contributed by atoms with Gasteiger partial charge >= 0.3 is 11.7 Å². The fraction of sp³-hybridized carbons (Fsp3) is 0. The van der Waals surface area contributed by atoms with E-state index in [4.69, 9.17) is 0 Å². The van der Waals surface area contributed by atoms with Gasteiger partial charge in [-0.25, -0.2) is 4.79 Å². The van der Waals surface area contributed by atoms with E-state index in [0.717, 1.165) is 10.8 Å². The first-order valence-electron chi connectivity index (χ1n) is 6.78. The number of aromatic carboxylic acids is 1. The Hall–Kier alpha value is -3.21. The third-order valence-corrected chi connectivity index (χ3v) is 3.77. The second kappa shape index (κ2) is 4.39. The maximum absolute atomic E-state index is 12.8. The molecule has 5 nitrogen and oxygen atoms in total. The van der Waals surface area contributed by atoms with E-state index in [9.17, 15) is 14.7 Å². The predicted molar refractivity (Wildman–Crippen MR) is 80.9 cm³/mol. The summed E-state index contributed by atoms with van der Waals surface area (Å²) in [6.07, 6.45) is 1.74. The van der Waals surface area contributed by atoms with Crippen molar-refractivity contribution in [1.29, 1.82) is 0 Å². The van der Waals surface area contributed by atoms with Crippen molar-refractivity contribution in [2.24, 2.45) is 0 Å². The minimum Gasteiger partial charge on any atom is -0.475 e. The molecule has 4 aromatic rings. The highest BCUT2D eigenvalue weighted by molar-refractivity contribution is 6.01. The molecular formula is C17H11N2O3+. The molecule has 22 heavy (non-hydrogen) atoms. The minimum absolute atomic E-state index is 0.0264. The molecule has 106 valence electrons. The number of carboxylic acids is 1. The van der Waals surface area contributed by atoms with E-state index in [1.165, 1.54) is 15.0 Å². The molecule has 0 aliphatic heterocycles. The molecule has 0 saturated carbocycles. The lowest BCUT2D eigenvalue weighted by Crippen LogP contribution is -2.50. The predicted octanol–water partition coefficient (Wildman–Crippen LogP) is 1.87. The van der Waals surface area contributed by atoms with Crippen molar-refractivity contribution in [2.75, 3.05) is 0 Å². The molecule has 0 saturated heterocycles. The zero-order valence-electron chi connectivity index (χ0n) is 11.4. The summed E-state index contributed by atoms with van der Waals surface area (Å²) in [5.74, 6) is -1.12. The van der Waals surface area contributed by atoms with Crippen molar-refractivity contribution < 1.29 is 14.5 Å². The van der Waals surface area contributed by atoms with Gasteiger partial charge < -0.3 is 5.11 Å². The lowest BCUT2D eigenvalue weighted by atomic mass is 10.2. The molecule has 0 radical (unpaired) electrons. The van der Waals surface area contributed by atoms with Gasteiger partial charge in [-0.3, -0.25) is 0 Å². The van der Waals surface area contributed by atoms with Crippen LogP contribution in [-0.2, 0) is 0 Å². The van der Waals surface area contributed by atoms with Crippen molar-refractivity contribution in [3.8, 4) is 5.69 Å². The van der Waals surface area contributed by atoms with Gasteiger partial charge in [0.05, 0.1) is 5.39 Å². The lowest BCUT2D eigenvalue weighted by Gasteiger charge is -2.01. The highest BCUT2D eigenvalue weighted by Gasteiger charge is 2.25. The van der Waals surface area contributed by atoms with Gasteiger partial charge in [0.1, 0.15) is 11.9 Å². The topological polar surface area (TPSA) is 62.7 Å². The van der Waals surface area contributed by atoms with Gasteiger partial charge in [0, 0.05) is 11.5 Å². The summed E-state index contributed by atoms with van der Waals surface area (Å²) >= 11 is 0. The summed E-state index contributed by atoms with van der Waals surface area (Å²) in [4.78, 5) is 24.3. The van der Waals surface area contributed by atoms with Gasteiger partial charge in [0.15, 0.2) is 5.52 Å². The number of benzene rings is 2. The number of carboxylic acid groups (broad SMARTS) is 1. The number of rotatable bonds is 2. The average molecular weight is 291 g/mol. The SMILES string of the molecule is O=C(O)c1cc2cccc3c[n+](-c4ccccc4)c(=O)n1c23. The van der Waals surface area contributed by atoms with Gasteiger partial charge in [0.25, 0.3) is 0 Å². The van der Waals surface area contributed by atoms with Crippen LogP contribution in [0.5, 0.6) is 0 Å². The largest absolute Gasteiger partial charge is 0.509 e. The van der Waals surface area contributed by atoms with E-state index in [0.29, 0.717) is 11.2 Å². The summed E-state index contributed by atoms with van der Waals surface area (Å²) < 4.78 is 2.73. The van der Waals surface area contributed by atoms with Gasteiger partial charge in [-0.15, -0.1) is 4.40 Å². The third-order valence-electron chi connectivity index (χ3n) is 3.77. The average Bonchev–Trinajstić information content (AvgIpc) is 2.93. The van der Waals surface area contributed by atoms with E-state index in [2.05, 4.69) is 0 Å². The number of hydrogen-bond acceptors (Lipinski definition) is 2. The molecule has 0 aliphatic carbocycles. The monoisotopic (exact) mass is 291 g/mol. The van der Waals surface area contributed by atoms with Crippen LogP contribution < -0.4 is 10.3 Å². The Labute approximate surface area is 124 Å². The van der Waals surface area contributed by atoms with Gasteiger partial charge in [-0.2, -0.15) is 9.36 Å². The van der Waals surface area contributed by atoms with Crippen molar-refractivity contribution in [3.05, 3.63) is 77.0 Å². The Kier molecular flexibility index (Phi) is 2.50. The van der Waals surface area contributed by atoms with Crippen LogP contribution in [0.25, 0.3) is 22.0 Å². The summed E-state index contributed by atoms with van der Waals surface area (Å²) in [6.45, 7) is 0. The summed E-state index contributed by atoms with van der Waals surface area (Å²) in [5.41, 5.74) is 0.913. The Morgan fingerprint density at radius 2 is 1.73 bits per heavy atom. The first kappa shape index (κ1) is 12.5. The number of aromatic nitrogens is 2. The van der Waals surface area contributed by atoms with E-state index in [1.807, 2.05) is 42.5 Å². The van der Waals surface area contributed by atoms with Crippen LogP contribution in [0.3, 0.4) is 0 Å². The maximum Gasteiger partial charge on any atom is 0.509 e. The highest BCUT2D eigenvalue weighted by atomic mass is 16.4. The van der Waals surface area contributed by atoms with Gasteiger partial charge in [-0.05, 0) is 18.2 Å². The number of para-hydroxylation sites is 2. The number of nitrogens with zero attached hydrogens (tertiary/aromatic N) is 2. The minimum atomic E-state index is -1.12. The first-order valence-corrected chi connectivity index (χ1v) is 6.78. The van der Waals surface area contributed by atoms with E-state index in [-0.39, 0.29) is 5.69 Å². The molecule has 4 rings (SSSR count). The Morgan fingerprint density at radius 3 is 2.45 bits per heavy atom. The van der Waals surface area contributed by atoms with E-state index in [1.54, 1.807) is 12.3 Å². The van der Waals surface area contributed by atoms with Crippen LogP contribution in [0.2, 0.25) is 0 Å². The zero-order chi connectivity index (χ0) is 15.3. The van der Waals surface area contributed by atoms with Crippen LogP contribution in [0.4, 0.5) is 0 Å². The second-order valence-electron chi connectivity index (χ2n) is 5.07. The van der Waals surface area contributed by atoms with E-state index < -0.39 is 11.7 Å². The molecule has 0 atom stereocenters. The quantitative estimate of drug-likeness (QED) is 0.573. The first-order chi connectivity index (χ1) is 10.7. The molecular weight excluding hydrogens is 280 g/mol. The van der Waals surface area contributed by atoms with Crippen molar-refractivity contribution in [1.82, 2.24) is 4.40 Å². The van der Waals surface area contributed by atoms with Gasteiger partial charge in [-0.1, -0.05) is 30.3 Å². The molecule has 5 heteroatoms. The molecule has 2 aromatic heterocycles. The summed E-state index contributed by atoms with van der Waals surface area (Å²) in [6, 6.07) is 16.2. The van der Waals surface area contributed by atoms with Crippen molar-refractivity contribution in [3.63, 3.8) is 0 Å². The third kappa shape index (κ3) is 1.62. The standard InChI is InChI=1S/C17H10N2O3/c20-16(21)14-9-11-5-4-6-12-10-18(13-7-2-1-3-8-13)17(22)19(14)15(11)12/h1-10H/p+1. The Morgan fingerprint density at radius 1 is 1.00 bits per heavy atom. The molecule has 0 bridgehead atoms. The fourth-order valence-corrected chi connectivity index (χ4v) is 2.82. The summed E-state index contributed by atoms with van der Waals surface area (Å²) in [5, 5.41) is 10.9. The highest BCUT2D eigenvalue weighted by Crippen LogP contribution is 2.22. The van der Waals surface area contributed by atoms with E-state index >= 15 is 0 Å². The second-order valence-corrected chi connectivity index (χ2v) is 5.07. The van der Waals surface area contributed by atoms with Crippen LogP contribution >= 0.6 is 0 Å². The molecule has 0 fully saturated rings. The van der Waals surface area contributed by atoms with Crippen LogP contribution in [0.15, 0.2) is 65.6 Å². The molecule has 2 heterocycles. The van der Waals surface area contributed by atoms with Crippen molar-refractivity contribution >= 4 is 22.3 Å². The smallest absolute Gasteiger partial charge is 0.475 e. The van der Waals surface area contributed by atoms with Crippen LogP contribution in [-0.4, -0.2) is 15.5 Å². The van der Waals surface area contributed by atoms with Crippen LogP contribution in [0, 0.1) is 0 Å². The number of carbonyl (C=O) groups is 1.